The Hall–Kier alpha value is -4.20. The average molecular weight is 415 g/mol. The number of amides is 1. The van der Waals surface area contributed by atoms with Gasteiger partial charge >= 0.3 is 0 Å². The van der Waals surface area contributed by atoms with Gasteiger partial charge in [0.25, 0.3) is 11.7 Å². The highest BCUT2D eigenvalue weighted by molar-refractivity contribution is 6.46. The normalized spacial score (nSPS) is 19.1. The molecule has 3 aromatic rings. The molecule has 1 amide bonds. The van der Waals surface area contributed by atoms with Crippen LogP contribution in [0.15, 0.2) is 72.7 Å². The number of aliphatic hydroxyl groups is 1. The fourth-order valence-corrected chi connectivity index (χ4v) is 3.78. The summed E-state index contributed by atoms with van der Waals surface area (Å²) in [6, 6.07) is 12.8. The number of likely N-dealkylation sites (tertiary alicyclic amines) is 1. The van der Waals surface area contributed by atoms with Crippen LogP contribution in [-0.4, -0.2) is 38.5 Å². The molecule has 1 atom stereocenters. The van der Waals surface area contributed by atoms with Gasteiger partial charge in [0.15, 0.2) is 11.5 Å². The number of ether oxygens (including phenoxy) is 2. The molecule has 8 heteroatoms. The maximum Gasteiger partial charge on any atom is 0.296 e. The molecule has 8 nitrogen and oxygen atoms in total. The number of hydrogen-bond donors (Lipinski definition) is 1. The van der Waals surface area contributed by atoms with Crippen molar-refractivity contribution in [2.24, 2.45) is 0 Å². The van der Waals surface area contributed by atoms with Crippen molar-refractivity contribution < 1.29 is 24.2 Å². The summed E-state index contributed by atoms with van der Waals surface area (Å²) >= 11 is 0. The highest BCUT2D eigenvalue weighted by Crippen LogP contribution is 2.41. The molecule has 2 aliphatic rings. The smallest absolute Gasteiger partial charge is 0.296 e. The fraction of sp³-hybridized carbons (Fsp3) is 0.130. The summed E-state index contributed by atoms with van der Waals surface area (Å²) in [6.07, 6.45) is 4.85. The SMILES string of the molecule is O=C1C(=O)N(Cc2cccnc2)C(c2ccccn2)C1=C(O)c1ccc2c(c1)OCO2. The van der Waals surface area contributed by atoms with Crippen LogP contribution in [-0.2, 0) is 16.1 Å². The molecule has 2 aliphatic heterocycles. The number of hydrogen-bond acceptors (Lipinski definition) is 7. The number of benzene rings is 1. The molecule has 154 valence electrons. The maximum atomic E-state index is 13.0. The minimum absolute atomic E-state index is 0.0218. The monoisotopic (exact) mass is 415 g/mol. The van der Waals surface area contributed by atoms with Crippen LogP contribution < -0.4 is 9.47 Å². The number of nitrogens with zero attached hydrogens (tertiary/aromatic N) is 3. The van der Waals surface area contributed by atoms with Gasteiger partial charge in [0, 0.05) is 30.7 Å². The summed E-state index contributed by atoms with van der Waals surface area (Å²) in [6.45, 7) is 0.237. The molecule has 0 saturated carbocycles. The zero-order valence-electron chi connectivity index (χ0n) is 16.3. The third-order valence-corrected chi connectivity index (χ3v) is 5.23. The Labute approximate surface area is 177 Å². The van der Waals surface area contributed by atoms with Gasteiger partial charge in [0.1, 0.15) is 11.8 Å². The Morgan fingerprint density at radius 1 is 1.06 bits per heavy atom. The van der Waals surface area contributed by atoms with Gasteiger partial charge in [-0.05, 0) is 42.0 Å². The van der Waals surface area contributed by atoms with Gasteiger partial charge in [0.2, 0.25) is 6.79 Å². The number of ketones is 1. The lowest BCUT2D eigenvalue weighted by Crippen LogP contribution is -2.29. The van der Waals surface area contributed by atoms with Crippen molar-refractivity contribution in [2.45, 2.75) is 12.6 Å². The Morgan fingerprint density at radius 3 is 2.71 bits per heavy atom. The second kappa shape index (κ2) is 7.56. The van der Waals surface area contributed by atoms with Crippen LogP contribution in [0.25, 0.3) is 5.76 Å². The largest absolute Gasteiger partial charge is 0.507 e. The number of carbonyl (C=O) groups excluding carboxylic acids is 2. The molecular formula is C23H17N3O5. The van der Waals surface area contributed by atoms with Crippen LogP contribution in [0.5, 0.6) is 11.5 Å². The molecule has 0 bridgehead atoms. The van der Waals surface area contributed by atoms with Crippen LogP contribution >= 0.6 is 0 Å². The van der Waals surface area contributed by atoms with E-state index in [2.05, 4.69) is 9.97 Å². The van der Waals surface area contributed by atoms with Crippen LogP contribution in [0, 0.1) is 0 Å². The maximum absolute atomic E-state index is 13.0. The second-order valence-corrected chi connectivity index (χ2v) is 7.11. The van der Waals surface area contributed by atoms with Gasteiger partial charge in [-0.15, -0.1) is 0 Å². The predicted molar refractivity (Wildman–Crippen MR) is 109 cm³/mol. The van der Waals surface area contributed by atoms with E-state index in [-0.39, 0.29) is 24.7 Å². The number of Topliss-reactive ketones (excluding diaryl/α,β-unsaturated/α-hetero) is 1. The summed E-state index contributed by atoms with van der Waals surface area (Å²) in [4.78, 5) is 35.8. The Balaban J connectivity index is 1.63. The van der Waals surface area contributed by atoms with Gasteiger partial charge in [-0.25, -0.2) is 0 Å². The fourth-order valence-electron chi connectivity index (χ4n) is 3.78. The van der Waals surface area contributed by atoms with Gasteiger partial charge in [-0.2, -0.15) is 0 Å². The van der Waals surface area contributed by atoms with Crippen LogP contribution in [0.4, 0.5) is 0 Å². The molecule has 1 saturated heterocycles. The first kappa shape index (κ1) is 18.8. The molecule has 4 heterocycles. The highest BCUT2D eigenvalue weighted by atomic mass is 16.7. The van der Waals surface area contributed by atoms with E-state index in [4.69, 9.17) is 9.47 Å². The van der Waals surface area contributed by atoms with Crippen molar-refractivity contribution in [1.29, 1.82) is 0 Å². The van der Waals surface area contributed by atoms with Crippen LogP contribution in [0.1, 0.15) is 22.9 Å². The van der Waals surface area contributed by atoms with Gasteiger partial charge < -0.3 is 19.5 Å². The van der Waals surface area contributed by atoms with E-state index in [1.54, 1.807) is 61.1 Å². The minimum atomic E-state index is -0.841. The third kappa shape index (κ3) is 3.28. The van der Waals surface area contributed by atoms with Gasteiger partial charge in [-0.3, -0.25) is 19.6 Å². The van der Waals surface area contributed by atoms with Crippen molar-refractivity contribution in [3.63, 3.8) is 0 Å². The first-order valence-corrected chi connectivity index (χ1v) is 9.62. The zero-order valence-corrected chi connectivity index (χ0v) is 16.3. The molecule has 0 spiro atoms. The highest BCUT2D eigenvalue weighted by Gasteiger charge is 2.46. The summed E-state index contributed by atoms with van der Waals surface area (Å²) in [5.41, 5.74) is 1.57. The van der Waals surface area contributed by atoms with Crippen molar-refractivity contribution in [3.8, 4) is 11.5 Å². The molecule has 0 radical (unpaired) electrons. The standard InChI is InChI=1S/C23H17N3O5/c27-21(15-6-7-17-18(10-15)31-13-30-17)19-20(16-5-1-2-9-25-16)26(23(29)22(19)28)12-14-4-3-8-24-11-14/h1-11,20,27H,12-13H2. The van der Waals surface area contributed by atoms with Gasteiger partial charge in [-0.1, -0.05) is 12.1 Å². The molecule has 0 aliphatic carbocycles. The second-order valence-electron chi connectivity index (χ2n) is 7.11. The lowest BCUT2D eigenvalue weighted by molar-refractivity contribution is -0.140. The molecule has 1 fully saturated rings. The quantitative estimate of drug-likeness (QED) is 0.397. The number of aliphatic hydroxyl groups excluding tert-OH is 1. The Bertz CT molecular complexity index is 1190. The molecule has 2 aromatic heterocycles. The summed E-state index contributed by atoms with van der Waals surface area (Å²) < 4.78 is 10.7. The molecule has 1 N–H and O–H groups in total. The van der Waals surface area contributed by atoms with E-state index in [0.29, 0.717) is 22.8 Å². The van der Waals surface area contributed by atoms with Crippen LogP contribution in [0.2, 0.25) is 0 Å². The van der Waals surface area contributed by atoms with Crippen molar-refractivity contribution in [1.82, 2.24) is 14.9 Å². The van der Waals surface area contributed by atoms with E-state index in [1.807, 2.05) is 6.07 Å². The molecule has 1 aromatic carbocycles. The van der Waals surface area contributed by atoms with E-state index in [9.17, 15) is 14.7 Å². The van der Waals surface area contributed by atoms with Crippen molar-refractivity contribution >= 4 is 17.4 Å². The van der Waals surface area contributed by atoms with Gasteiger partial charge in [0.05, 0.1) is 11.3 Å². The van der Waals surface area contributed by atoms with E-state index in [1.165, 1.54) is 4.90 Å². The first-order chi connectivity index (χ1) is 15.1. The van der Waals surface area contributed by atoms with Crippen molar-refractivity contribution in [2.75, 3.05) is 6.79 Å². The zero-order chi connectivity index (χ0) is 21.4. The van der Waals surface area contributed by atoms with E-state index < -0.39 is 17.7 Å². The lowest BCUT2D eigenvalue weighted by atomic mass is 9.98. The first-order valence-electron chi connectivity index (χ1n) is 9.62. The molecule has 1 unspecified atom stereocenters. The third-order valence-electron chi connectivity index (χ3n) is 5.23. The van der Waals surface area contributed by atoms with E-state index >= 15 is 0 Å². The van der Waals surface area contributed by atoms with E-state index in [0.717, 1.165) is 5.56 Å². The number of fused-ring (bicyclic) bond motifs is 1. The lowest BCUT2D eigenvalue weighted by Gasteiger charge is -2.24. The van der Waals surface area contributed by atoms with Crippen molar-refractivity contribution in [3.05, 3.63) is 89.5 Å². The number of carbonyl (C=O) groups is 2. The predicted octanol–water partition coefficient (Wildman–Crippen LogP) is 2.83. The summed E-state index contributed by atoms with van der Waals surface area (Å²) in [7, 11) is 0. The number of rotatable bonds is 4. The minimum Gasteiger partial charge on any atom is -0.507 e. The average Bonchev–Trinajstić information content (AvgIpc) is 3.38. The number of aromatic nitrogens is 2. The molecular weight excluding hydrogens is 398 g/mol. The molecule has 31 heavy (non-hydrogen) atoms. The Kier molecular flexibility index (Phi) is 4.59. The number of pyridine rings is 2. The summed E-state index contributed by atoms with van der Waals surface area (Å²) in [5.74, 6) is -0.754. The molecule has 5 rings (SSSR count). The Morgan fingerprint density at radius 2 is 1.94 bits per heavy atom. The topological polar surface area (TPSA) is 102 Å². The van der Waals surface area contributed by atoms with Crippen LogP contribution in [0.3, 0.4) is 0 Å². The summed E-state index contributed by atoms with van der Waals surface area (Å²) in [5, 5.41) is 11.1.